The molecule has 0 saturated heterocycles. The van der Waals surface area contributed by atoms with Gasteiger partial charge in [-0.3, -0.25) is 4.79 Å². The van der Waals surface area contributed by atoms with Crippen LogP contribution in [0.25, 0.3) is 0 Å². The summed E-state index contributed by atoms with van der Waals surface area (Å²) in [6, 6.07) is 12.4. The number of amides is 1. The molecule has 0 fully saturated rings. The molecule has 2 aromatic rings. The molecule has 1 heterocycles. The summed E-state index contributed by atoms with van der Waals surface area (Å²) in [6.45, 7) is 2.86. The molecule has 0 saturated carbocycles. The Morgan fingerprint density at radius 3 is 2.62 bits per heavy atom. The second-order valence-electron chi connectivity index (χ2n) is 6.70. The zero-order valence-electron chi connectivity index (χ0n) is 15.6. The zero-order chi connectivity index (χ0) is 18.7. The molecule has 1 aliphatic rings. The highest BCUT2D eigenvalue weighted by Crippen LogP contribution is 2.27. The minimum atomic E-state index is 0.115. The fourth-order valence-corrected chi connectivity index (χ4v) is 3.38. The van der Waals surface area contributed by atoms with Crippen molar-refractivity contribution in [2.24, 2.45) is 0 Å². The van der Waals surface area contributed by atoms with Crippen molar-refractivity contribution in [1.82, 2.24) is 10.2 Å². The molecule has 0 aliphatic carbocycles. The maximum absolute atomic E-state index is 12.3. The van der Waals surface area contributed by atoms with Crippen LogP contribution in [0.2, 0.25) is 0 Å². The molecule has 0 radical (unpaired) electrons. The van der Waals surface area contributed by atoms with Crippen LogP contribution < -0.4 is 5.32 Å². The average molecular weight is 347 g/mol. The molecule has 2 N–H and O–H groups in total. The van der Waals surface area contributed by atoms with Crippen molar-refractivity contribution < 1.29 is 4.79 Å². The van der Waals surface area contributed by atoms with Crippen LogP contribution in [0.15, 0.2) is 48.7 Å². The summed E-state index contributed by atoms with van der Waals surface area (Å²) in [4.78, 5) is 14.1. The number of hydrogen-bond acceptors (Lipinski definition) is 3. The normalized spacial score (nSPS) is 13.3. The van der Waals surface area contributed by atoms with Gasteiger partial charge in [0.2, 0.25) is 0 Å². The van der Waals surface area contributed by atoms with E-state index < -0.39 is 0 Å². The molecule has 3 rings (SSSR count). The number of rotatable bonds is 6. The van der Waals surface area contributed by atoms with Crippen molar-refractivity contribution in [2.45, 2.75) is 26.3 Å². The first-order valence-electron chi connectivity index (χ1n) is 8.95. The predicted molar refractivity (Wildman–Crippen MR) is 106 cm³/mol. The number of hydrogen-bond donors (Lipinski definition) is 2. The van der Waals surface area contributed by atoms with Gasteiger partial charge in [-0.2, -0.15) is 0 Å². The molecule has 0 atom stereocenters. The third-order valence-electron chi connectivity index (χ3n) is 4.87. The Hall–Kier alpha value is -2.88. The minimum absolute atomic E-state index is 0.115. The SMILES string of the molecule is CCc1cc2c(cc1Cc1ccc(C(=N)/C=C\NC)cc1)C(=O)N(C)C2. The first-order valence-corrected chi connectivity index (χ1v) is 8.95. The average Bonchev–Trinajstić information content (AvgIpc) is 2.93. The van der Waals surface area contributed by atoms with E-state index in [1.807, 2.05) is 26.2 Å². The predicted octanol–water partition coefficient (Wildman–Crippen LogP) is 3.53. The first kappa shape index (κ1) is 17.9. The summed E-state index contributed by atoms with van der Waals surface area (Å²) in [5, 5.41) is 10.9. The molecular weight excluding hydrogens is 322 g/mol. The van der Waals surface area contributed by atoms with Crippen molar-refractivity contribution >= 4 is 11.6 Å². The Kier molecular flexibility index (Phi) is 5.21. The number of benzene rings is 2. The van der Waals surface area contributed by atoms with Crippen molar-refractivity contribution in [2.75, 3.05) is 14.1 Å². The van der Waals surface area contributed by atoms with Crippen LogP contribution in [-0.4, -0.2) is 30.6 Å². The van der Waals surface area contributed by atoms with Gasteiger partial charge in [0.25, 0.3) is 5.91 Å². The Morgan fingerprint density at radius 1 is 1.23 bits per heavy atom. The largest absolute Gasteiger partial charge is 0.394 e. The van der Waals surface area contributed by atoms with Gasteiger partial charge in [-0.1, -0.05) is 37.3 Å². The molecule has 0 spiro atoms. The van der Waals surface area contributed by atoms with E-state index in [0.29, 0.717) is 12.3 Å². The maximum Gasteiger partial charge on any atom is 0.254 e. The van der Waals surface area contributed by atoms with Gasteiger partial charge in [0.1, 0.15) is 0 Å². The first-order chi connectivity index (χ1) is 12.5. The van der Waals surface area contributed by atoms with Gasteiger partial charge in [-0.05, 0) is 59.0 Å². The van der Waals surface area contributed by atoms with Crippen LogP contribution in [0.3, 0.4) is 0 Å². The van der Waals surface area contributed by atoms with E-state index in [1.165, 1.54) is 16.7 Å². The molecule has 4 nitrogen and oxygen atoms in total. The molecule has 2 aromatic carbocycles. The molecule has 0 bridgehead atoms. The van der Waals surface area contributed by atoms with E-state index in [1.54, 1.807) is 17.2 Å². The number of aryl methyl sites for hydroxylation is 1. The Labute approximate surface area is 155 Å². The number of allylic oxidation sites excluding steroid dienone is 1. The van der Waals surface area contributed by atoms with Crippen LogP contribution >= 0.6 is 0 Å². The van der Waals surface area contributed by atoms with E-state index in [0.717, 1.165) is 29.5 Å². The molecule has 26 heavy (non-hydrogen) atoms. The third kappa shape index (κ3) is 3.54. The Balaban J connectivity index is 1.84. The lowest BCUT2D eigenvalue weighted by molar-refractivity contribution is 0.0816. The number of nitrogens with one attached hydrogen (secondary N) is 2. The van der Waals surface area contributed by atoms with Crippen LogP contribution in [0, 0.1) is 5.41 Å². The smallest absolute Gasteiger partial charge is 0.254 e. The van der Waals surface area contributed by atoms with Gasteiger partial charge in [0.15, 0.2) is 0 Å². The zero-order valence-corrected chi connectivity index (χ0v) is 15.6. The van der Waals surface area contributed by atoms with Crippen LogP contribution in [-0.2, 0) is 19.4 Å². The lowest BCUT2D eigenvalue weighted by atomic mass is 9.93. The number of carbonyl (C=O) groups is 1. The number of nitrogens with zero attached hydrogens (tertiary/aromatic N) is 1. The fraction of sp³-hybridized carbons (Fsp3) is 0.273. The van der Waals surface area contributed by atoms with Gasteiger partial charge < -0.3 is 15.6 Å². The van der Waals surface area contributed by atoms with E-state index in [2.05, 4.69) is 36.5 Å². The summed E-state index contributed by atoms with van der Waals surface area (Å²) >= 11 is 0. The van der Waals surface area contributed by atoms with Crippen molar-refractivity contribution in [3.05, 3.63) is 82.1 Å². The van der Waals surface area contributed by atoms with Crippen LogP contribution in [0.1, 0.15) is 45.1 Å². The van der Waals surface area contributed by atoms with Crippen molar-refractivity contribution in [1.29, 1.82) is 5.41 Å². The molecule has 0 aromatic heterocycles. The van der Waals surface area contributed by atoms with Crippen LogP contribution in [0.4, 0.5) is 0 Å². The van der Waals surface area contributed by atoms with E-state index >= 15 is 0 Å². The van der Waals surface area contributed by atoms with E-state index in [-0.39, 0.29) is 5.91 Å². The maximum atomic E-state index is 12.3. The summed E-state index contributed by atoms with van der Waals surface area (Å²) in [5.74, 6) is 0.115. The topological polar surface area (TPSA) is 56.2 Å². The summed E-state index contributed by atoms with van der Waals surface area (Å²) in [6.07, 6.45) is 5.25. The van der Waals surface area contributed by atoms with Gasteiger partial charge in [0.05, 0.1) is 5.71 Å². The monoisotopic (exact) mass is 347 g/mol. The molecule has 134 valence electrons. The Morgan fingerprint density at radius 2 is 1.96 bits per heavy atom. The van der Waals surface area contributed by atoms with Gasteiger partial charge in [-0.15, -0.1) is 0 Å². The van der Waals surface area contributed by atoms with Gasteiger partial charge in [-0.25, -0.2) is 0 Å². The highest BCUT2D eigenvalue weighted by molar-refractivity contribution is 6.06. The second kappa shape index (κ2) is 7.56. The van der Waals surface area contributed by atoms with Crippen molar-refractivity contribution in [3.8, 4) is 0 Å². The molecule has 4 heteroatoms. The van der Waals surface area contributed by atoms with E-state index in [9.17, 15) is 4.79 Å². The van der Waals surface area contributed by atoms with E-state index in [4.69, 9.17) is 5.41 Å². The van der Waals surface area contributed by atoms with Crippen molar-refractivity contribution in [3.63, 3.8) is 0 Å². The summed E-state index contributed by atoms with van der Waals surface area (Å²) in [5.41, 5.74) is 7.06. The second-order valence-corrected chi connectivity index (χ2v) is 6.70. The third-order valence-corrected chi connectivity index (χ3v) is 4.87. The lowest BCUT2D eigenvalue weighted by Gasteiger charge is -2.11. The van der Waals surface area contributed by atoms with Gasteiger partial charge >= 0.3 is 0 Å². The molecule has 0 unspecified atom stereocenters. The highest BCUT2D eigenvalue weighted by Gasteiger charge is 2.25. The lowest BCUT2D eigenvalue weighted by Crippen LogP contribution is -2.17. The molecule has 1 amide bonds. The molecule has 1 aliphatic heterocycles. The van der Waals surface area contributed by atoms with Crippen LogP contribution in [0.5, 0.6) is 0 Å². The highest BCUT2D eigenvalue weighted by atomic mass is 16.2. The standard InChI is InChI=1S/C22H25N3O/c1-4-16-12-19-14-25(3)22(26)20(19)13-18(16)11-15-5-7-17(8-6-15)21(23)9-10-24-2/h5-10,12-13,23-24H,4,11,14H2,1-3H3/b10-9-,23-21?. The quantitative estimate of drug-likeness (QED) is 0.786. The number of fused-ring (bicyclic) bond motifs is 1. The molecular formula is C22H25N3O. The fourth-order valence-electron chi connectivity index (χ4n) is 3.38. The Bertz CT molecular complexity index is 866. The van der Waals surface area contributed by atoms with Gasteiger partial charge in [0, 0.05) is 26.2 Å². The summed E-state index contributed by atoms with van der Waals surface area (Å²) < 4.78 is 0. The minimum Gasteiger partial charge on any atom is -0.394 e. The summed E-state index contributed by atoms with van der Waals surface area (Å²) in [7, 11) is 3.67. The number of carbonyl (C=O) groups excluding carboxylic acids is 1.